The first-order valence-electron chi connectivity index (χ1n) is 9.75. The van der Waals surface area contributed by atoms with Crippen molar-refractivity contribution in [3.05, 3.63) is 40.7 Å². The molecule has 3 aromatic rings. The lowest BCUT2D eigenvalue weighted by molar-refractivity contribution is -0.113. The van der Waals surface area contributed by atoms with Gasteiger partial charge >= 0.3 is 0 Å². The van der Waals surface area contributed by atoms with Crippen molar-refractivity contribution in [2.75, 3.05) is 37.4 Å². The van der Waals surface area contributed by atoms with Crippen molar-refractivity contribution in [1.29, 1.82) is 0 Å². The van der Waals surface area contributed by atoms with Crippen molar-refractivity contribution in [2.45, 2.75) is 23.9 Å². The fraction of sp³-hybridized carbons (Fsp3) is 0.368. The van der Waals surface area contributed by atoms with E-state index < -0.39 is 10.0 Å². The Kier molecular flexibility index (Phi) is 6.67. The van der Waals surface area contributed by atoms with Gasteiger partial charge in [-0.05, 0) is 38.1 Å². The lowest BCUT2D eigenvalue weighted by atomic mass is 10.3. The van der Waals surface area contributed by atoms with E-state index in [9.17, 15) is 13.2 Å². The Hall–Kier alpha value is -2.25. The number of thioether (sulfide) groups is 1. The van der Waals surface area contributed by atoms with Crippen LogP contribution in [0.4, 0.5) is 5.69 Å². The van der Waals surface area contributed by atoms with Crippen LogP contribution >= 0.6 is 23.4 Å². The number of nitrogens with zero attached hydrogens (tertiary/aromatic N) is 5. The largest absolute Gasteiger partial charge is 0.379 e. The van der Waals surface area contributed by atoms with Gasteiger partial charge in [0.15, 0.2) is 5.16 Å². The zero-order chi connectivity index (χ0) is 22.9. The second kappa shape index (κ2) is 9.32. The van der Waals surface area contributed by atoms with E-state index in [2.05, 4.69) is 20.5 Å². The molecule has 1 saturated heterocycles. The summed E-state index contributed by atoms with van der Waals surface area (Å²) in [5.41, 5.74) is 1.97. The van der Waals surface area contributed by atoms with Crippen LogP contribution < -0.4 is 5.32 Å². The molecule has 1 fully saturated rings. The van der Waals surface area contributed by atoms with Crippen molar-refractivity contribution in [3.8, 4) is 0 Å². The number of ether oxygens (including phenoxy) is 1. The van der Waals surface area contributed by atoms with E-state index in [-0.39, 0.29) is 40.4 Å². The Labute approximate surface area is 194 Å². The highest BCUT2D eigenvalue weighted by Crippen LogP contribution is 2.28. The molecule has 1 amide bonds. The van der Waals surface area contributed by atoms with Gasteiger partial charge in [-0.2, -0.15) is 4.31 Å². The van der Waals surface area contributed by atoms with Crippen LogP contribution in [0.25, 0.3) is 5.78 Å². The Balaban J connectivity index is 1.47. The zero-order valence-corrected chi connectivity index (χ0v) is 19.8. The van der Waals surface area contributed by atoms with Gasteiger partial charge in [0.25, 0.3) is 5.78 Å². The Morgan fingerprint density at radius 1 is 1.22 bits per heavy atom. The second-order valence-corrected chi connectivity index (χ2v) is 10.4. The number of fused-ring (bicyclic) bond motifs is 1. The molecule has 32 heavy (non-hydrogen) atoms. The van der Waals surface area contributed by atoms with Gasteiger partial charge in [0.1, 0.15) is 0 Å². The minimum atomic E-state index is -3.71. The van der Waals surface area contributed by atoms with E-state index in [1.54, 1.807) is 4.40 Å². The molecule has 4 rings (SSSR count). The molecule has 0 radical (unpaired) electrons. The molecule has 13 heteroatoms. The predicted octanol–water partition coefficient (Wildman–Crippen LogP) is 2.15. The van der Waals surface area contributed by atoms with Crippen LogP contribution in [-0.4, -0.2) is 70.3 Å². The van der Waals surface area contributed by atoms with Crippen LogP contribution in [0, 0.1) is 13.8 Å². The van der Waals surface area contributed by atoms with Gasteiger partial charge < -0.3 is 10.1 Å². The summed E-state index contributed by atoms with van der Waals surface area (Å²) in [7, 11) is -3.71. The summed E-state index contributed by atoms with van der Waals surface area (Å²) in [6, 6.07) is 6.17. The molecule has 2 aromatic heterocycles. The van der Waals surface area contributed by atoms with Gasteiger partial charge in [0, 0.05) is 24.5 Å². The van der Waals surface area contributed by atoms with Crippen molar-refractivity contribution in [3.63, 3.8) is 0 Å². The summed E-state index contributed by atoms with van der Waals surface area (Å²) >= 11 is 7.40. The molecule has 0 unspecified atom stereocenters. The molecule has 0 spiro atoms. The summed E-state index contributed by atoms with van der Waals surface area (Å²) in [5, 5.41) is 11.6. The number of aryl methyl sites for hydroxylation is 2. The quantitative estimate of drug-likeness (QED) is 0.515. The summed E-state index contributed by atoms with van der Waals surface area (Å²) in [6.45, 7) is 5.04. The Morgan fingerprint density at radius 2 is 1.97 bits per heavy atom. The molecule has 0 aliphatic carbocycles. The van der Waals surface area contributed by atoms with Crippen molar-refractivity contribution in [1.82, 2.24) is 23.9 Å². The first-order chi connectivity index (χ1) is 15.3. The maximum atomic E-state index is 12.9. The lowest BCUT2D eigenvalue weighted by Gasteiger charge is -2.26. The number of rotatable bonds is 6. The maximum Gasteiger partial charge on any atom is 0.256 e. The highest BCUT2D eigenvalue weighted by molar-refractivity contribution is 7.99. The smallest absolute Gasteiger partial charge is 0.256 e. The van der Waals surface area contributed by atoms with E-state index in [1.807, 2.05) is 19.9 Å². The number of nitrogens with one attached hydrogen (secondary N) is 1. The molecule has 1 aromatic carbocycles. The Bertz CT molecular complexity index is 1270. The van der Waals surface area contributed by atoms with Crippen LogP contribution in [0.1, 0.15) is 11.4 Å². The molecule has 0 bridgehead atoms. The fourth-order valence-electron chi connectivity index (χ4n) is 3.31. The number of amides is 1. The van der Waals surface area contributed by atoms with Crippen molar-refractivity contribution >= 4 is 50.8 Å². The maximum absolute atomic E-state index is 12.9. The second-order valence-electron chi connectivity index (χ2n) is 7.15. The molecule has 10 nitrogen and oxygen atoms in total. The van der Waals surface area contributed by atoms with E-state index in [1.165, 1.54) is 34.3 Å². The van der Waals surface area contributed by atoms with Crippen LogP contribution in [0.3, 0.4) is 0 Å². The normalized spacial score (nSPS) is 15.2. The third-order valence-electron chi connectivity index (χ3n) is 4.82. The monoisotopic (exact) mass is 496 g/mol. The third-order valence-corrected chi connectivity index (χ3v) is 7.97. The zero-order valence-electron chi connectivity index (χ0n) is 17.4. The summed E-state index contributed by atoms with van der Waals surface area (Å²) < 4.78 is 34.1. The highest BCUT2D eigenvalue weighted by Gasteiger charge is 2.27. The molecule has 3 heterocycles. The number of carbonyl (C=O) groups excluding carboxylic acids is 1. The number of benzene rings is 1. The average Bonchev–Trinajstić information content (AvgIpc) is 3.17. The SMILES string of the molecule is Cc1cc(C)n2c(SCC(=O)Nc3cc(S(=O)(=O)N4CCOCC4)ccc3Cl)nnc2n1. The summed E-state index contributed by atoms with van der Waals surface area (Å²) in [6.07, 6.45) is 0. The molecule has 170 valence electrons. The minimum absolute atomic E-state index is 0.0326. The first-order valence-corrected chi connectivity index (χ1v) is 12.6. The van der Waals surface area contributed by atoms with Gasteiger partial charge in [0.2, 0.25) is 15.9 Å². The molecular formula is C19H21ClN6O4S2. The van der Waals surface area contributed by atoms with Crippen LogP contribution in [0.15, 0.2) is 34.3 Å². The number of aromatic nitrogens is 4. The van der Waals surface area contributed by atoms with Gasteiger partial charge in [0.05, 0.1) is 34.6 Å². The van der Waals surface area contributed by atoms with Crippen LogP contribution in [0.5, 0.6) is 0 Å². The minimum Gasteiger partial charge on any atom is -0.379 e. The van der Waals surface area contributed by atoms with Crippen molar-refractivity contribution in [2.24, 2.45) is 0 Å². The number of hydrogen-bond acceptors (Lipinski definition) is 8. The number of halogens is 1. The lowest BCUT2D eigenvalue weighted by Crippen LogP contribution is -2.40. The van der Waals surface area contributed by atoms with E-state index in [0.29, 0.717) is 24.1 Å². The third kappa shape index (κ3) is 4.74. The standard InChI is InChI=1S/C19H21ClN6O4S2/c1-12-9-13(2)26-18(21-12)23-24-19(26)31-11-17(27)22-16-10-14(3-4-15(16)20)32(28,29)25-5-7-30-8-6-25/h3-4,9-10H,5-8,11H2,1-2H3,(H,22,27). The number of sulfonamides is 1. The van der Waals surface area contributed by atoms with Gasteiger partial charge in [-0.3, -0.25) is 9.20 Å². The molecule has 0 saturated carbocycles. The Morgan fingerprint density at radius 3 is 2.72 bits per heavy atom. The number of hydrogen-bond donors (Lipinski definition) is 1. The van der Waals surface area contributed by atoms with Crippen molar-refractivity contribution < 1.29 is 17.9 Å². The summed E-state index contributed by atoms with van der Waals surface area (Å²) in [4.78, 5) is 16.9. The number of carbonyl (C=O) groups is 1. The van der Waals surface area contributed by atoms with E-state index in [0.717, 1.165) is 11.4 Å². The fourth-order valence-corrected chi connectivity index (χ4v) is 5.69. The molecule has 1 aliphatic heterocycles. The van der Waals surface area contributed by atoms with E-state index in [4.69, 9.17) is 16.3 Å². The molecule has 1 aliphatic rings. The predicted molar refractivity (Wildman–Crippen MR) is 121 cm³/mol. The molecule has 1 N–H and O–H groups in total. The van der Waals surface area contributed by atoms with Crippen LogP contribution in [0.2, 0.25) is 5.02 Å². The molecular weight excluding hydrogens is 476 g/mol. The highest BCUT2D eigenvalue weighted by atomic mass is 35.5. The average molecular weight is 497 g/mol. The topological polar surface area (TPSA) is 119 Å². The molecule has 0 atom stereocenters. The first kappa shape index (κ1) is 22.9. The summed E-state index contributed by atoms with van der Waals surface area (Å²) in [5.74, 6) is 0.145. The van der Waals surface area contributed by atoms with Crippen LogP contribution in [-0.2, 0) is 19.6 Å². The van der Waals surface area contributed by atoms with E-state index >= 15 is 0 Å². The number of morpholine rings is 1. The van der Waals surface area contributed by atoms with Gasteiger partial charge in [-0.1, -0.05) is 23.4 Å². The van der Waals surface area contributed by atoms with Gasteiger partial charge in [-0.25, -0.2) is 13.4 Å². The van der Waals surface area contributed by atoms with Gasteiger partial charge in [-0.15, -0.1) is 10.2 Å². The number of anilines is 1.